The van der Waals surface area contributed by atoms with Gasteiger partial charge in [-0.1, -0.05) is 0 Å². The van der Waals surface area contributed by atoms with Gasteiger partial charge in [0.1, 0.15) is 17.3 Å². The summed E-state index contributed by atoms with van der Waals surface area (Å²) in [5, 5.41) is 5.95. The maximum atomic E-state index is 12.6. The number of ether oxygens (including phenoxy) is 2. The van der Waals surface area contributed by atoms with E-state index in [1.807, 2.05) is 6.07 Å². The van der Waals surface area contributed by atoms with E-state index < -0.39 is 0 Å². The normalized spacial score (nSPS) is 10.2. The third kappa shape index (κ3) is 4.90. The molecule has 0 aliphatic carbocycles. The zero-order chi connectivity index (χ0) is 20.8. The van der Waals surface area contributed by atoms with Crippen LogP contribution in [0, 0.1) is 0 Å². The number of rotatable bonds is 7. The van der Waals surface area contributed by atoms with Crippen molar-refractivity contribution in [1.29, 1.82) is 0 Å². The van der Waals surface area contributed by atoms with Crippen LogP contribution in [-0.2, 0) is 0 Å². The standard InChI is InChI=1S/C22H21N3O4/c1-14(26)15-4-6-17(7-5-15)24-22(27)16-10-11-23-21(12-16)25-19-9-8-18(28-2)13-20(19)29-3/h4-13H,1-3H3,(H,23,25)(H,24,27). The molecule has 0 aliphatic rings. The van der Waals surface area contributed by atoms with Gasteiger partial charge in [0.25, 0.3) is 5.91 Å². The van der Waals surface area contributed by atoms with Crippen LogP contribution in [-0.4, -0.2) is 30.9 Å². The Kier molecular flexibility index (Phi) is 6.09. The number of methoxy groups -OCH3 is 2. The number of pyridine rings is 1. The van der Waals surface area contributed by atoms with Crippen molar-refractivity contribution in [2.45, 2.75) is 6.92 Å². The number of hydrogen-bond acceptors (Lipinski definition) is 6. The molecule has 148 valence electrons. The SMILES string of the molecule is COc1ccc(Nc2cc(C(=O)Nc3ccc(C(C)=O)cc3)ccn2)c(OC)c1. The zero-order valence-electron chi connectivity index (χ0n) is 16.4. The van der Waals surface area contributed by atoms with Crippen molar-refractivity contribution in [1.82, 2.24) is 4.98 Å². The summed E-state index contributed by atoms with van der Waals surface area (Å²) in [6.07, 6.45) is 1.55. The topological polar surface area (TPSA) is 89.6 Å². The van der Waals surface area contributed by atoms with Gasteiger partial charge in [0.2, 0.25) is 0 Å². The first-order valence-electron chi connectivity index (χ1n) is 8.87. The van der Waals surface area contributed by atoms with E-state index in [1.165, 1.54) is 6.92 Å². The van der Waals surface area contributed by atoms with Gasteiger partial charge in [-0.3, -0.25) is 9.59 Å². The van der Waals surface area contributed by atoms with E-state index in [-0.39, 0.29) is 11.7 Å². The van der Waals surface area contributed by atoms with E-state index in [0.717, 1.165) is 0 Å². The molecule has 0 fully saturated rings. The molecule has 0 spiro atoms. The van der Waals surface area contributed by atoms with Gasteiger partial charge in [-0.15, -0.1) is 0 Å². The van der Waals surface area contributed by atoms with Crippen LogP contribution < -0.4 is 20.1 Å². The summed E-state index contributed by atoms with van der Waals surface area (Å²) in [7, 11) is 3.15. The molecule has 1 amide bonds. The highest BCUT2D eigenvalue weighted by Gasteiger charge is 2.10. The number of carbonyl (C=O) groups is 2. The molecule has 0 aliphatic heterocycles. The number of carbonyl (C=O) groups excluding carboxylic acids is 2. The zero-order valence-corrected chi connectivity index (χ0v) is 16.4. The first kappa shape index (κ1) is 19.9. The van der Waals surface area contributed by atoms with Crippen molar-refractivity contribution < 1.29 is 19.1 Å². The number of amides is 1. The average molecular weight is 391 g/mol. The average Bonchev–Trinajstić information content (AvgIpc) is 2.74. The monoisotopic (exact) mass is 391 g/mol. The molecule has 3 rings (SSSR count). The molecule has 3 aromatic rings. The molecule has 2 aromatic carbocycles. The van der Waals surface area contributed by atoms with Gasteiger partial charge in [0, 0.05) is 29.1 Å². The molecule has 0 bridgehead atoms. The Bertz CT molecular complexity index is 1030. The molecule has 7 heteroatoms. The predicted octanol–water partition coefficient (Wildman–Crippen LogP) is 4.30. The quantitative estimate of drug-likeness (QED) is 0.584. The Labute approximate surface area is 168 Å². The lowest BCUT2D eigenvalue weighted by Crippen LogP contribution is -2.12. The number of benzene rings is 2. The largest absolute Gasteiger partial charge is 0.497 e. The summed E-state index contributed by atoms with van der Waals surface area (Å²) in [6.45, 7) is 1.50. The van der Waals surface area contributed by atoms with Crippen molar-refractivity contribution in [3.63, 3.8) is 0 Å². The minimum atomic E-state index is -0.285. The lowest BCUT2D eigenvalue weighted by atomic mass is 10.1. The maximum absolute atomic E-state index is 12.6. The molecular weight excluding hydrogens is 370 g/mol. The van der Waals surface area contributed by atoms with Gasteiger partial charge in [-0.05, 0) is 55.5 Å². The van der Waals surface area contributed by atoms with E-state index >= 15 is 0 Å². The summed E-state index contributed by atoms with van der Waals surface area (Å²) >= 11 is 0. The van der Waals surface area contributed by atoms with Gasteiger partial charge < -0.3 is 20.1 Å². The Morgan fingerprint density at radius 3 is 2.31 bits per heavy atom. The number of nitrogens with one attached hydrogen (secondary N) is 2. The van der Waals surface area contributed by atoms with Crippen LogP contribution in [0.25, 0.3) is 0 Å². The van der Waals surface area contributed by atoms with Gasteiger partial charge in [-0.25, -0.2) is 4.98 Å². The lowest BCUT2D eigenvalue weighted by molar-refractivity contribution is 0.101. The number of aromatic nitrogens is 1. The highest BCUT2D eigenvalue weighted by Crippen LogP contribution is 2.31. The minimum absolute atomic E-state index is 0.0262. The van der Waals surface area contributed by atoms with Gasteiger partial charge in [0.05, 0.1) is 19.9 Å². The fraction of sp³-hybridized carbons (Fsp3) is 0.136. The summed E-state index contributed by atoms with van der Waals surface area (Å²) in [5.41, 5.74) is 2.32. The Morgan fingerprint density at radius 1 is 0.897 bits per heavy atom. The molecule has 0 saturated carbocycles. The first-order valence-corrected chi connectivity index (χ1v) is 8.87. The Hall–Kier alpha value is -3.87. The predicted molar refractivity (Wildman–Crippen MR) is 111 cm³/mol. The van der Waals surface area contributed by atoms with Crippen LogP contribution >= 0.6 is 0 Å². The van der Waals surface area contributed by atoms with E-state index in [1.54, 1.807) is 68.9 Å². The van der Waals surface area contributed by atoms with Crippen LogP contribution in [0.2, 0.25) is 0 Å². The Morgan fingerprint density at radius 2 is 1.66 bits per heavy atom. The number of hydrogen-bond donors (Lipinski definition) is 2. The van der Waals surface area contributed by atoms with Crippen molar-refractivity contribution in [3.8, 4) is 11.5 Å². The van der Waals surface area contributed by atoms with E-state index in [9.17, 15) is 9.59 Å². The van der Waals surface area contributed by atoms with Crippen LogP contribution in [0.15, 0.2) is 60.8 Å². The molecule has 0 saturated heterocycles. The van der Waals surface area contributed by atoms with Crippen molar-refractivity contribution in [2.24, 2.45) is 0 Å². The van der Waals surface area contributed by atoms with Crippen molar-refractivity contribution in [3.05, 3.63) is 71.9 Å². The van der Waals surface area contributed by atoms with Crippen LogP contribution in [0.5, 0.6) is 11.5 Å². The molecule has 1 aromatic heterocycles. The highest BCUT2D eigenvalue weighted by atomic mass is 16.5. The second-order valence-electron chi connectivity index (χ2n) is 6.21. The van der Waals surface area contributed by atoms with Crippen LogP contribution in [0.4, 0.5) is 17.2 Å². The second-order valence-corrected chi connectivity index (χ2v) is 6.21. The second kappa shape index (κ2) is 8.88. The number of anilines is 3. The molecule has 0 radical (unpaired) electrons. The highest BCUT2D eigenvalue weighted by molar-refractivity contribution is 6.05. The molecule has 0 atom stereocenters. The van der Waals surface area contributed by atoms with Gasteiger partial charge in [-0.2, -0.15) is 0 Å². The molecule has 1 heterocycles. The molecule has 2 N–H and O–H groups in total. The smallest absolute Gasteiger partial charge is 0.255 e. The minimum Gasteiger partial charge on any atom is -0.497 e. The molecule has 0 unspecified atom stereocenters. The summed E-state index contributed by atoms with van der Waals surface area (Å²) in [4.78, 5) is 28.2. The summed E-state index contributed by atoms with van der Waals surface area (Å²) in [6, 6.07) is 15.4. The lowest BCUT2D eigenvalue weighted by Gasteiger charge is -2.12. The third-order valence-corrected chi connectivity index (χ3v) is 4.24. The van der Waals surface area contributed by atoms with Gasteiger partial charge in [0.15, 0.2) is 5.78 Å². The molecular formula is C22H21N3O4. The number of nitrogens with zero attached hydrogens (tertiary/aromatic N) is 1. The summed E-state index contributed by atoms with van der Waals surface area (Å²) in [5.74, 6) is 1.44. The summed E-state index contributed by atoms with van der Waals surface area (Å²) < 4.78 is 10.6. The molecule has 7 nitrogen and oxygen atoms in total. The molecule has 29 heavy (non-hydrogen) atoms. The Balaban J connectivity index is 1.75. The van der Waals surface area contributed by atoms with Gasteiger partial charge >= 0.3 is 0 Å². The first-order chi connectivity index (χ1) is 14.0. The van der Waals surface area contributed by atoms with Crippen molar-refractivity contribution in [2.75, 3.05) is 24.9 Å². The van der Waals surface area contributed by atoms with E-state index in [4.69, 9.17) is 9.47 Å². The van der Waals surface area contributed by atoms with E-state index in [0.29, 0.717) is 39.8 Å². The van der Waals surface area contributed by atoms with E-state index in [2.05, 4.69) is 15.6 Å². The number of ketones is 1. The maximum Gasteiger partial charge on any atom is 0.255 e. The third-order valence-electron chi connectivity index (χ3n) is 4.24. The van der Waals surface area contributed by atoms with Crippen LogP contribution in [0.1, 0.15) is 27.6 Å². The van der Waals surface area contributed by atoms with Crippen molar-refractivity contribution >= 4 is 28.9 Å². The fourth-order valence-electron chi connectivity index (χ4n) is 2.67. The van der Waals surface area contributed by atoms with Crippen LogP contribution in [0.3, 0.4) is 0 Å². The fourth-order valence-corrected chi connectivity index (χ4v) is 2.67. The number of Topliss-reactive ketones (excluding diaryl/α,β-unsaturated/α-hetero) is 1.